The highest BCUT2D eigenvalue weighted by atomic mass is 19.1. The van der Waals surface area contributed by atoms with Crippen molar-refractivity contribution in [3.8, 4) is 11.6 Å². The number of nitrogens with one attached hydrogen (secondary N) is 1. The predicted molar refractivity (Wildman–Crippen MR) is 81.4 cm³/mol. The van der Waals surface area contributed by atoms with Gasteiger partial charge in [0.25, 0.3) is 0 Å². The van der Waals surface area contributed by atoms with E-state index in [1.54, 1.807) is 12.1 Å². The Balaban J connectivity index is 2.33. The maximum atomic E-state index is 12.9. The molecule has 1 heterocycles. The first-order valence-corrected chi connectivity index (χ1v) is 7.18. The largest absolute Gasteiger partial charge is 0.439 e. The molecule has 0 amide bonds. The van der Waals surface area contributed by atoms with Crippen LogP contribution in [0.1, 0.15) is 31.7 Å². The number of hydrogen-bond donors (Lipinski definition) is 1. The average molecular weight is 289 g/mol. The Bertz CT molecular complexity index is 599. The highest BCUT2D eigenvalue weighted by molar-refractivity contribution is 5.49. The van der Waals surface area contributed by atoms with Crippen molar-refractivity contribution in [1.82, 2.24) is 9.97 Å². The van der Waals surface area contributed by atoms with Crippen molar-refractivity contribution < 1.29 is 9.13 Å². The summed E-state index contributed by atoms with van der Waals surface area (Å²) in [6.07, 6.45) is 1.75. The van der Waals surface area contributed by atoms with Gasteiger partial charge in [-0.3, -0.25) is 0 Å². The van der Waals surface area contributed by atoms with Crippen LogP contribution < -0.4 is 10.1 Å². The molecule has 0 spiro atoms. The van der Waals surface area contributed by atoms with E-state index in [4.69, 9.17) is 4.74 Å². The third-order valence-electron chi connectivity index (χ3n) is 2.99. The lowest BCUT2D eigenvalue weighted by atomic mass is 10.2. The molecule has 21 heavy (non-hydrogen) atoms. The van der Waals surface area contributed by atoms with Crippen LogP contribution in [-0.2, 0) is 6.42 Å². The number of ether oxygens (including phenoxy) is 1. The van der Waals surface area contributed by atoms with Crippen molar-refractivity contribution >= 4 is 5.82 Å². The van der Waals surface area contributed by atoms with Crippen LogP contribution >= 0.6 is 0 Å². The van der Waals surface area contributed by atoms with Crippen LogP contribution in [0.25, 0.3) is 0 Å². The molecule has 0 fully saturated rings. The second-order valence-electron chi connectivity index (χ2n) is 4.75. The molecule has 1 aromatic carbocycles. The lowest BCUT2D eigenvalue weighted by Gasteiger charge is -2.13. The molecule has 5 heteroatoms. The number of rotatable bonds is 6. The van der Waals surface area contributed by atoms with Crippen molar-refractivity contribution in [2.24, 2.45) is 0 Å². The summed E-state index contributed by atoms with van der Waals surface area (Å²) in [4.78, 5) is 8.96. The number of benzene rings is 1. The topological polar surface area (TPSA) is 47.0 Å². The Labute approximate surface area is 124 Å². The molecule has 1 aromatic heterocycles. The Morgan fingerprint density at radius 2 is 1.86 bits per heavy atom. The van der Waals surface area contributed by atoms with Gasteiger partial charge in [0, 0.05) is 13.0 Å². The van der Waals surface area contributed by atoms with Crippen LogP contribution in [0.3, 0.4) is 0 Å². The summed E-state index contributed by atoms with van der Waals surface area (Å²) in [5, 5.41) is 3.22. The number of nitrogens with zero attached hydrogens (tertiary/aromatic N) is 2. The van der Waals surface area contributed by atoms with Gasteiger partial charge < -0.3 is 10.1 Å². The highest BCUT2D eigenvalue weighted by Gasteiger charge is 2.12. The van der Waals surface area contributed by atoms with Crippen LogP contribution in [0.5, 0.6) is 11.6 Å². The summed E-state index contributed by atoms with van der Waals surface area (Å²) < 4.78 is 18.7. The smallest absolute Gasteiger partial charge is 0.227 e. The minimum absolute atomic E-state index is 0.290. The minimum Gasteiger partial charge on any atom is -0.439 e. The molecule has 0 aliphatic rings. The first-order valence-electron chi connectivity index (χ1n) is 7.18. The number of aromatic nitrogens is 2. The zero-order valence-corrected chi connectivity index (χ0v) is 12.6. The molecule has 0 radical (unpaired) electrons. The van der Waals surface area contributed by atoms with Crippen LogP contribution in [0, 0.1) is 12.7 Å². The Morgan fingerprint density at radius 3 is 2.48 bits per heavy atom. The summed E-state index contributed by atoms with van der Waals surface area (Å²) in [7, 11) is 0. The standard InChI is InChI=1S/C16H20FN3O/c1-4-6-14-19-15(18-5-2)11(3)16(20-14)21-13-9-7-12(17)8-10-13/h7-10H,4-6H2,1-3H3,(H,18,19,20). The normalized spacial score (nSPS) is 10.5. The zero-order chi connectivity index (χ0) is 15.2. The maximum absolute atomic E-state index is 12.9. The molecular weight excluding hydrogens is 269 g/mol. The van der Waals surface area contributed by atoms with E-state index in [2.05, 4.69) is 22.2 Å². The molecule has 0 bridgehead atoms. The van der Waals surface area contributed by atoms with Gasteiger partial charge in [-0.25, -0.2) is 9.37 Å². The highest BCUT2D eigenvalue weighted by Crippen LogP contribution is 2.27. The number of halogens is 1. The molecule has 2 rings (SSSR count). The van der Waals surface area contributed by atoms with Crippen molar-refractivity contribution in [3.63, 3.8) is 0 Å². The fourth-order valence-electron chi connectivity index (χ4n) is 1.93. The van der Waals surface area contributed by atoms with Crippen molar-refractivity contribution in [1.29, 1.82) is 0 Å². The van der Waals surface area contributed by atoms with E-state index in [0.29, 0.717) is 11.6 Å². The van der Waals surface area contributed by atoms with E-state index in [9.17, 15) is 4.39 Å². The first kappa shape index (κ1) is 15.2. The van der Waals surface area contributed by atoms with E-state index in [-0.39, 0.29) is 5.82 Å². The van der Waals surface area contributed by atoms with E-state index in [0.717, 1.165) is 36.6 Å². The third-order valence-corrected chi connectivity index (χ3v) is 2.99. The number of anilines is 1. The molecule has 2 aromatic rings. The monoisotopic (exact) mass is 289 g/mol. The molecule has 0 aliphatic heterocycles. The molecular formula is C16H20FN3O. The Hall–Kier alpha value is -2.17. The van der Waals surface area contributed by atoms with E-state index >= 15 is 0 Å². The van der Waals surface area contributed by atoms with Crippen LogP contribution in [0.2, 0.25) is 0 Å². The molecule has 4 nitrogen and oxygen atoms in total. The molecule has 0 aliphatic carbocycles. The summed E-state index contributed by atoms with van der Waals surface area (Å²) >= 11 is 0. The molecule has 112 valence electrons. The second kappa shape index (κ2) is 7.02. The van der Waals surface area contributed by atoms with Crippen LogP contribution in [0.15, 0.2) is 24.3 Å². The lowest BCUT2D eigenvalue weighted by molar-refractivity contribution is 0.453. The Kier molecular flexibility index (Phi) is 5.09. The summed E-state index contributed by atoms with van der Waals surface area (Å²) in [5.74, 6) is 2.31. The van der Waals surface area contributed by atoms with Crippen LogP contribution in [-0.4, -0.2) is 16.5 Å². The van der Waals surface area contributed by atoms with Gasteiger partial charge in [-0.15, -0.1) is 0 Å². The first-order chi connectivity index (χ1) is 10.1. The zero-order valence-electron chi connectivity index (χ0n) is 12.6. The number of aryl methyl sites for hydroxylation is 1. The molecule has 0 saturated carbocycles. The molecule has 0 unspecified atom stereocenters. The number of hydrogen-bond acceptors (Lipinski definition) is 4. The van der Waals surface area contributed by atoms with E-state index < -0.39 is 0 Å². The minimum atomic E-state index is -0.290. The summed E-state index contributed by atoms with van der Waals surface area (Å²) in [6, 6.07) is 5.90. The van der Waals surface area contributed by atoms with Crippen molar-refractivity contribution in [2.75, 3.05) is 11.9 Å². The molecule has 0 saturated heterocycles. The van der Waals surface area contributed by atoms with Gasteiger partial charge in [0.15, 0.2) is 0 Å². The second-order valence-corrected chi connectivity index (χ2v) is 4.75. The maximum Gasteiger partial charge on any atom is 0.227 e. The van der Waals surface area contributed by atoms with Crippen molar-refractivity contribution in [2.45, 2.75) is 33.6 Å². The quantitative estimate of drug-likeness (QED) is 0.869. The summed E-state index contributed by atoms with van der Waals surface area (Å²) in [6.45, 7) is 6.78. The predicted octanol–water partition coefficient (Wildman–Crippen LogP) is 4.10. The van der Waals surface area contributed by atoms with Crippen LogP contribution in [0.4, 0.5) is 10.2 Å². The third kappa shape index (κ3) is 3.90. The fourth-order valence-corrected chi connectivity index (χ4v) is 1.93. The van der Waals surface area contributed by atoms with Gasteiger partial charge in [-0.2, -0.15) is 4.98 Å². The summed E-state index contributed by atoms with van der Waals surface area (Å²) in [5.41, 5.74) is 0.848. The van der Waals surface area contributed by atoms with Gasteiger partial charge in [0.05, 0.1) is 5.56 Å². The lowest BCUT2D eigenvalue weighted by Crippen LogP contribution is -2.07. The van der Waals surface area contributed by atoms with Gasteiger partial charge in [0.1, 0.15) is 23.2 Å². The average Bonchev–Trinajstić information content (AvgIpc) is 2.47. The van der Waals surface area contributed by atoms with E-state index in [1.165, 1.54) is 12.1 Å². The van der Waals surface area contributed by atoms with Gasteiger partial charge in [-0.1, -0.05) is 6.92 Å². The molecule has 1 N–H and O–H groups in total. The van der Waals surface area contributed by atoms with Gasteiger partial charge >= 0.3 is 0 Å². The molecule has 0 atom stereocenters. The Morgan fingerprint density at radius 1 is 1.14 bits per heavy atom. The van der Waals surface area contributed by atoms with E-state index in [1.807, 2.05) is 13.8 Å². The van der Waals surface area contributed by atoms with Crippen molar-refractivity contribution in [3.05, 3.63) is 41.5 Å². The van der Waals surface area contributed by atoms with Gasteiger partial charge in [0.2, 0.25) is 5.88 Å². The SMILES string of the molecule is CCCc1nc(NCC)c(C)c(Oc2ccc(F)cc2)n1. The van der Waals surface area contributed by atoms with Gasteiger partial charge in [-0.05, 0) is 44.5 Å². The fraction of sp³-hybridized carbons (Fsp3) is 0.375.